The first kappa shape index (κ1) is 11.9. The molecule has 4 heteroatoms. The third-order valence-electron chi connectivity index (χ3n) is 2.36. The molecule has 0 aliphatic carbocycles. The van der Waals surface area contributed by atoms with Gasteiger partial charge in [0.1, 0.15) is 0 Å². The zero-order valence-electron chi connectivity index (χ0n) is 8.77. The molecule has 1 aromatic rings. The highest BCUT2D eigenvalue weighted by molar-refractivity contribution is 6.33. The summed E-state index contributed by atoms with van der Waals surface area (Å²) in [5.41, 5.74) is 0.855. The van der Waals surface area contributed by atoms with Crippen LogP contribution in [0.5, 0.6) is 0 Å². The summed E-state index contributed by atoms with van der Waals surface area (Å²) in [5, 5.41) is 9.33. The molecule has 0 aliphatic heterocycles. The summed E-state index contributed by atoms with van der Waals surface area (Å²) in [6.45, 7) is 1.86. The van der Waals surface area contributed by atoms with Gasteiger partial charge in [0.25, 0.3) is 0 Å². The summed E-state index contributed by atoms with van der Waals surface area (Å²) in [4.78, 5) is 12.4. The van der Waals surface area contributed by atoms with Crippen LogP contribution in [0.4, 0.5) is 5.69 Å². The Kier molecular flexibility index (Phi) is 3.97. The molecule has 1 rings (SSSR count). The van der Waals surface area contributed by atoms with Crippen molar-refractivity contribution in [1.29, 1.82) is 0 Å². The molecule has 82 valence electrons. The average molecular weight is 228 g/mol. The van der Waals surface area contributed by atoms with Crippen molar-refractivity contribution in [2.75, 3.05) is 11.9 Å². The molecule has 0 heterocycles. The number of hydrogen-bond donors (Lipinski definition) is 1. The molecule has 0 bridgehead atoms. The standard InChI is InChI=1S/C11H14ClNO2/c1-8(7-11(14)15)13(2)10-6-4-3-5-9(10)12/h3-6,8H,7H2,1-2H3,(H,14,15). The molecule has 0 aliphatic rings. The maximum Gasteiger partial charge on any atom is 0.305 e. The van der Waals surface area contributed by atoms with Gasteiger partial charge in [0.2, 0.25) is 0 Å². The molecule has 0 spiro atoms. The first-order chi connectivity index (χ1) is 7.02. The maximum atomic E-state index is 10.6. The van der Waals surface area contributed by atoms with Crippen molar-refractivity contribution >= 4 is 23.3 Å². The minimum absolute atomic E-state index is 0.0811. The van der Waals surface area contributed by atoms with E-state index in [1.165, 1.54) is 0 Å². The number of rotatable bonds is 4. The molecule has 3 nitrogen and oxygen atoms in total. The SMILES string of the molecule is CC(CC(=O)O)N(C)c1ccccc1Cl. The molecule has 0 saturated carbocycles. The summed E-state index contributed by atoms with van der Waals surface area (Å²) in [7, 11) is 1.84. The van der Waals surface area contributed by atoms with E-state index in [9.17, 15) is 4.79 Å². The van der Waals surface area contributed by atoms with Crippen molar-refractivity contribution in [3.05, 3.63) is 29.3 Å². The quantitative estimate of drug-likeness (QED) is 0.860. The van der Waals surface area contributed by atoms with Gasteiger partial charge in [0.15, 0.2) is 0 Å². The highest BCUT2D eigenvalue weighted by Gasteiger charge is 2.15. The number of hydrogen-bond acceptors (Lipinski definition) is 2. The van der Waals surface area contributed by atoms with Crippen molar-refractivity contribution in [1.82, 2.24) is 0 Å². The Labute approximate surface area is 94.3 Å². The van der Waals surface area contributed by atoms with Gasteiger partial charge in [0, 0.05) is 13.1 Å². The molecular formula is C11H14ClNO2. The number of nitrogens with zero attached hydrogens (tertiary/aromatic N) is 1. The molecule has 0 saturated heterocycles. The van der Waals surface area contributed by atoms with E-state index in [1.54, 1.807) is 6.07 Å². The van der Waals surface area contributed by atoms with E-state index >= 15 is 0 Å². The minimum atomic E-state index is -0.804. The molecule has 0 amide bonds. The van der Waals surface area contributed by atoms with Crippen molar-refractivity contribution in [3.8, 4) is 0 Å². The van der Waals surface area contributed by atoms with Crippen LogP contribution in [0.3, 0.4) is 0 Å². The first-order valence-corrected chi connectivity index (χ1v) is 5.09. The smallest absolute Gasteiger partial charge is 0.305 e. The third-order valence-corrected chi connectivity index (χ3v) is 2.68. The van der Waals surface area contributed by atoms with E-state index < -0.39 is 5.97 Å². The van der Waals surface area contributed by atoms with E-state index in [-0.39, 0.29) is 12.5 Å². The largest absolute Gasteiger partial charge is 0.481 e. The van der Waals surface area contributed by atoms with Gasteiger partial charge in [-0.3, -0.25) is 4.79 Å². The number of halogens is 1. The van der Waals surface area contributed by atoms with Gasteiger partial charge >= 0.3 is 5.97 Å². The average Bonchev–Trinajstić information content (AvgIpc) is 2.16. The lowest BCUT2D eigenvalue weighted by Crippen LogP contribution is -2.31. The fourth-order valence-corrected chi connectivity index (χ4v) is 1.63. The molecule has 15 heavy (non-hydrogen) atoms. The maximum absolute atomic E-state index is 10.6. The second kappa shape index (κ2) is 5.03. The van der Waals surface area contributed by atoms with Gasteiger partial charge in [-0.25, -0.2) is 0 Å². The summed E-state index contributed by atoms with van der Waals surface area (Å²) in [6, 6.07) is 7.32. The van der Waals surface area contributed by atoms with Crippen LogP contribution < -0.4 is 4.90 Å². The topological polar surface area (TPSA) is 40.5 Å². The highest BCUT2D eigenvalue weighted by Crippen LogP contribution is 2.26. The van der Waals surface area contributed by atoms with E-state index in [0.717, 1.165) is 5.69 Å². The van der Waals surface area contributed by atoms with Crippen LogP contribution in [-0.4, -0.2) is 24.2 Å². The van der Waals surface area contributed by atoms with Crippen LogP contribution in [0.15, 0.2) is 24.3 Å². The summed E-state index contributed by atoms with van der Waals surface area (Å²) in [6.07, 6.45) is 0.0989. The lowest BCUT2D eigenvalue weighted by atomic mass is 10.2. The van der Waals surface area contributed by atoms with Gasteiger partial charge in [-0.1, -0.05) is 23.7 Å². The van der Waals surface area contributed by atoms with Crippen molar-refractivity contribution in [2.24, 2.45) is 0 Å². The van der Waals surface area contributed by atoms with Crippen LogP contribution in [0.25, 0.3) is 0 Å². The number of carboxylic acids is 1. The Morgan fingerprint density at radius 1 is 1.53 bits per heavy atom. The fourth-order valence-electron chi connectivity index (χ4n) is 1.36. The fraction of sp³-hybridized carbons (Fsp3) is 0.364. The Morgan fingerprint density at radius 3 is 2.67 bits per heavy atom. The van der Waals surface area contributed by atoms with Gasteiger partial charge in [-0.15, -0.1) is 0 Å². The van der Waals surface area contributed by atoms with Crippen LogP contribution in [-0.2, 0) is 4.79 Å². The normalized spacial score (nSPS) is 12.2. The predicted octanol–water partition coefficient (Wildman–Crippen LogP) is 2.64. The molecule has 1 unspecified atom stereocenters. The van der Waals surface area contributed by atoms with Gasteiger partial charge in [-0.2, -0.15) is 0 Å². The van der Waals surface area contributed by atoms with Crippen LogP contribution in [0.2, 0.25) is 5.02 Å². The van der Waals surface area contributed by atoms with E-state index in [4.69, 9.17) is 16.7 Å². The summed E-state index contributed by atoms with van der Waals surface area (Å²) < 4.78 is 0. The summed E-state index contributed by atoms with van der Waals surface area (Å²) >= 11 is 6.01. The number of carboxylic acid groups (broad SMARTS) is 1. The first-order valence-electron chi connectivity index (χ1n) is 4.71. The highest BCUT2D eigenvalue weighted by atomic mass is 35.5. The molecule has 0 fully saturated rings. The van der Waals surface area contributed by atoms with Crippen LogP contribution >= 0.6 is 11.6 Å². The minimum Gasteiger partial charge on any atom is -0.481 e. The number of para-hydroxylation sites is 1. The molecule has 1 N–H and O–H groups in total. The molecule has 1 aromatic carbocycles. The number of anilines is 1. The number of aliphatic carboxylic acids is 1. The van der Waals surface area contributed by atoms with E-state index in [0.29, 0.717) is 5.02 Å². The zero-order chi connectivity index (χ0) is 11.4. The Hall–Kier alpha value is -1.22. The van der Waals surface area contributed by atoms with Crippen molar-refractivity contribution in [3.63, 3.8) is 0 Å². The second-order valence-corrected chi connectivity index (χ2v) is 3.92. The van der Waals surface area contributed by atoms with Gasteiger partial charge < -0.3 is 10.0 Å². The third kappa shape index (κ3) is 3.13. The number of carbonyl (C=O) groups is 1. The Balaban J connectivity index is 2.80. The lowest BCUT2D eigenvalue weighted by Gasteiger charge is -2.26. The molecule has 0 aromatic heterocycles. The van der Waals surface area contributed by atoms with Crippen molar-refractivity contribution in [2.45, 2.75) is 19.4 Å². The second-order valence-electron chi connectivity index (χ2n) is 3.51. The lowest BCUT2D eigenvalue weighted by molar-refractivity contribution is -0.137. The van der Waals surface area contributed by atoms with Gasteiger partial charge in [0.05, 0.1) is 17.1 Å². The summed E-state index contributed by atoms with van der Waals surface area (Å²) in [5.74, 6) is -0.804. The molecule has 1 atom stereocenters. The van der Waals surface area contributed by atoms with Crippen LogP contribution in [0, 0.1) is 0 Å². The monoisotopic (exact) mass is 227 g/mol. The number of benzene rings is 1. The van der Waals surface area contributed by atoms with E-state index in [2.05, 4.69) is 0 Å². The van der Waals surface area contributed by atoms with Gasteiger partial charge in [-0.05, 0) is 19.1 Å². The zero-order valence-corrected chi connectivity index (χ0v) is 9.53. The van der Waals surface area contributed by atoms with Crippen molar-refractivity contribution < 1.29 is 9.90 Å². The Bertz CT molecular complexity index is 354. The predicted molar refractivity (Wildman–Crippen MR) is 61.6 cm³/mol. The Morgan fingerprint density at radius 2 is 2.13 bits per heavy atom. The van der Waals surface area contributed by atoms with E-state index in [1.807, 2.05) is 37.1 Å². The molecular weight excluding hydrogens is 214 g/mol. The molecule has 0 radical (unpaired) electrons. The van der Waals surface area contributed by atoms with Crippen LogP contribution in [0.1, 0.15) is 13.3 Å².